The van der Waals surface area contributed by atoms with Gasteiger partial charge in [0.05, 0.1) is 6.61 Å². The SMILES string of the molecule is CCCCCCOC(=O)N(CCCCC)CCCCC. The fourth-order valence-corrected chi connectivity index (χ4v) is 2.18. The van der Waals surface area contributed by atoms with Crippen LogP contribution >= 0.6 is 0 Å². The highest BCUT2D eigenvalue weighted by Crippen LogP contribution is 2.06. The zero-order valence-corrected chi connectivity index (χ0v) is 14.0. The second-order valence-corrected chi connectivity index (χ2v) is 5.58. The molecular formula is C17H35NO2. The maximum absolute atomic E-state index is 12.1. The third kappa shape index (κ3) is 11.1. The van der Waals surface area contributed by atoms with Crippen LogP contribution in [0.15, 0.2) is 0 Å². The minimum atomic E-state index is -0.103. The van der Waals surface area contributed by atoms with Crippen molar-refractivity contribution in [1.29, 1.82) is 0 Å². The van der Waals surface area contributed by atoms with E-state index in [1.54, 1.807) is 0 Å². The van der Waals surface area contributed by atoms with Crippen molar-refractivity contribution in [1.82, 2.24) is 4.90 Å². The quantitative estimate of drug-likeness (QED) is 0.425. The third-order valence-electron chi connectivity index (χ3n) is 3.54. The molecule has 0 spiro atoms. The topological polar surface area (TPSA) is 29.5 Å². The molecular weight excluding hydrogens is 250 g/mol. The van der Waals surface area contributed by atoms with Crippen LogP contribution in [0, 0.1) is 0 Å². The Hall–Kier alpha value is -0.730. The summed E-state index contributed by atoms with van der Waals surface area (Å²) in [5.41, 5.74) is 0. The molecule has 0 unspecified atom stereocenters. The molecule has 20 heavy (non-hydrogen) atoms. The molecule has 0 radical (unpaired) electrons. The first kappa shape index (κ1) is 19.3. The van der Waals surface area contributed by atoms with Crippen LogP contribution < -0.4 is 0 Å². The number of ether oxygens (including phenoxy) is 1. The van der Waals surface area contributed by atoms with Crippen LogP contribution in [0.5, 0.6) is 0 Å². The van der Waals surface area contributed by atoms with Crippen molar-refractivity contribution in [2.45, 2.75) is 85.0 Å². The van der Waals surface area contributed by atoms with Crippen LogP contribution in [0.1, 0.15) is 85.0 Å². The van der Waals surface area contributed by atoms with Gasteiger partial charge in [-0.1, -0.05) is 65.7 Å². The highest BCUT2D eigenvalue weighted by molar-refractivity contribution is 5.67. The zero-order chi connectivity index (χ0) is 15.1. The van der Waals surface area contributed by atoms with Crippen molar-refractivity contribution in [3.05, 3.63) is 0 Å². The van der Waals surface area contributed by atoms with Gasteiger partial charge in [0.25, 0.3) is 0 Å². The summed E-state index contributed by atoms with van der Waals surface area (Å²) in [6.07, 6.45) is 11.4. The fraction of sp³-hybridized carbons (Fsp3) is 0.941. The lowest BCUT2D eigenvalue weighted by molar-refractivity contribution is 0.0991. The predicted octanol–water partition coefficient (Wildman–Crippen LogP) is 5.39. The van der Waals surface area contributed by atoms with Crippen LogP contribution in [0.2, 0.25) is 0 Å². The van der Waals surface area contributed by atoms with Gasteiger partial charge in [0.1, 0.15) is 0 Å². The number of carbonyl (C=O) groups is 1. The summed E-state index contributed by atoms with van der Waals surface area (Å²) in [7, 11) is 0. The van der Waals surface area contributed by atoms with E-state index in [1.807, 2.05) is 4.90 Å². The summed E-state index contributed by atoms with van der Waals surface area (Å²) in [4.78, 5) is 14.0. The summed E-state index contributed by atoms with van der Waals surface area (Å²) < 4.78 is 5.40. The number of hydrogen-bond donors (Lipinski definition) is 0. The maximum Gasteiger partial charge on any atom is 0.409 e. The van der Waals surface area contributed by atoms with E-state index < -0.39 is 0 Å². The lowest BCUT2D eigenvalue weighted by Gasteiger charge is -2.22. The van der Waals surface area contributed by atoms with Crippen LogP contribution in [0.25, 0.3) is 0 Å². The molecule has 0 N–H and O–H groups in total. The van der Waals surface area contributed by atoms with Gasteiger partial charge < -0.3 is 9.64 Å². The van der Waals surface area contributed by atoms with Crippen molar-refractivity contribution in [2.75, 3.05) is 19.7 Å². The Balaban J connectivity index is 3.91. The normalized spacial score (nSPS) is 10.6. The molecule has 0 aromatic heterocycles. The molecule has 0 rings (SSSR count). The van der Waals surface area contributed by atoms with Gasteiger partial charge in [-0.05, 0) is 19.3 Å². The molecule has 3 nitrogen and oxygen atoms in total. The molecule has 0 aromatic carbocycles. The lowest BCUT2D eigenvalue weighted by Crippen LogP contribution is -2.33. The van der Waals surface area contributed by atoms with E-state index in [0.29, 0.717) is 6.61 Å². The van der Waals surface area contributed by atoms with Gasteiger partial charge in [-0.25, -0.2) is 4.79 Å². The molecule has 0 heterocycles. The molecule has 0 aliphatic carbocycles. The molecule has 0 saturated carbocycles. The number of hydrogen-bond acceptors (Lipinski definition) is 2. The van der Waals surface area contributed by atoms with Crippen molar-refractivity contribution in [3.8, 4) is 0 Å². The summed E-state index contributed by atoms with van der Waals surface area (Å²) >= 11 is 0. The van der Waals surface area contributed by atoms with E-state index in [9.17, 15) is 4.79 Å². The highest BCUT2D eigenvalue weighted by atomic mass is 16.6. The summed E-state index contributed by atoms with van der Waals surface area (Å²) in [6, 6.07) is 0. The maximum atomic E-state index is 12.1. The number of nitrogens with zero attached hydrogens (tertiary/aromatic N) is 1. The first-order valence-corrected chi connectivity index (χ1v) is 8.67. The molecule has 120 valence electrons. The number of unbranched alkanes of at least 4 members (excludes halogenated alkanes) is 7. The van der Waals surface area contributed by atoms with Crippen LogP contribution in [-0.2, 0) is 4.74 Å². The second kappa shape index (κ2) is 14.7. The molecule has 0 aliphatic heterocycles. The molecule has 0 fully saturated rings. The minimum absolute atomic E-state index is 0.103. The Labute approximate surface area is 126 Å². The molecule has 0 aliphatic rings. The van der Waals surface area contributed by atoms with Gasteiger partial charge in [0.15, 0.2) is 0 Å². The van der Waals surface area contributed by atoms with Gasteiger partial charge in [-0.3, -0.25) is 0 Å². The van der Waals surface area contributed by atoms with E-state index in [0.717, 1.165) is 38.8 Å². The Morgan fingerprint density at radius 3 is 1.75 bits per heavy atom. The molecule has 3 heteroatoms. The van der Waals surface area contributed by atoms with Gasteiger partial charge in [0, 0.05) is 13.1 Å². The predicted molar refractivity (Wildman–Crippen MR) is 86.1 cm³/mol. The van der Waals surface area contributed by atoms with Gasteiger partial charge in [-0.15, -0.1) is 0 Å². The van der Waals surface area contributed by atoms with Crippen molar-refractivity contribution in [2.24, 2.45) is 0 Å². The summed E-state index contributed by atoms with van der Waals surface area (Å²) in [5.74, 6) is 0. The monoisotopic (exact) mass is 285 g/mol. The van der Waals surface area contributed by atoms with Crippen molar-refractivity contribution >= 4 is 6.09 Å². The van der Waals surface area contributed by atoms with E-state index in [-0.39, 0.29) is 6.09 Å². The smallest absolute Gasteiger partial charge is 0.409 e. The lowest BCUT2D eigenvalue weighted by atomic mass is 10.2. The minimum Gasteiger partial charge on any atom is -0.449 e. The van der Waals surface area contributed by atoms with Gasteiger partial charge in [-0.2, -0.15) is 0 Å². The Kier molecular flexibility index (Phi) is 14.1. The third-order valence-corrected chi connectivity index (χ3v) is 3.54. The Morgan fingerprint density at radius 1 is 0.750 bits per heavy atom. The van der Waals surface area contributed by atoms with Crippen molar-refractivity contribution in [3.63, 3.8) is 0 Å². The second-order valence-electron chi connectivity index (χ2n) is 5.58. The van der Waals surface area contributed by atoms with Crippen LogP contribution in [-0.4, -0.2) is 30.7 Å². The zero-order valence-electron chi connectivity index (χ0n) is 14.0. The van der Waals surface area contributed by atoms with E-state index in [1.165, 1.54) is 38.5 Å². The van der Waals surface area contributed by atoms with Gasteiger partial charge in [0.2, 0.25) is 0 Å². The summed E-state index contributed by atoms with van der Waals surface area (Å²) in [6.45, 7) is 8.85. The average molecular weight is 285 g/mol. The fourth-order valence-electron chi connectivity index (χ4n) is 2.18. The largest absolute Gasteiger partial charge is 0.449 e. The number of rotatable bonds is 13. The molecule has 0 saturated heterocycles. The van der Waals surface area contributed by atoms with E-state index in [2.05, 4.69) is 20.8 Å². The Morgan fingerprint density at radius 2 is 1.25 bits per heavy atom. The molecule has 0 bridgehead atoms. The van der Waals surface area contributed by atoms with E-state index >= 15 is 0 Å². The first-order chi connectivity index (χ1) is 9.76. The summed E-state index contributed by atoms with van der Waals surface area (Å²) in [5, 5.41) is 0. The molecule has 0 aromatic rings. The van der Waals surface area contributed by atoms with Crippen LogP contribution in [0.4, 0.5) is 4.79 Å². The molecule has 0 atom stereocenters. The van der Waals surface area contributed by atoms with Crippen molar-refractivity contribution < 1.29 is 9.53 Å². The highest BCUT2D eigenvalue weighted by Gasteiger charge is 2.13. The number of carbonyl (C=O) groups excluding carboxylic acids is 1. The number of amides is 1. The molecule has 1 amide bonds. The standard InChI is InChI=1S/C17H35NO2/c1-4-7-10-13-16-20-17(19)18(14-11-8-5-2)15-12-9-6-3/h4-16H2,1-3H3. The van der Waals surface area contributed by atoms with Gasteiger partial charge >= 0.3 is 6.09 Å². The Bertz CT molecular complexity index is 209. The van der Waals surface area contributed by atoms with Crippen LogP contribution in [0.3, 0.4) is 0 Å². The average Bonchev–Trinajstić information content (AvgIpc) is 2.45. The van der Waals surface area contributed by atoms with E-state index in [4.69, 9.17) is 4.74 Å². The first-order valence-electron chi connectivity index (χ1n) is 8.67.